The Bertz CT molecular complexity index is 388. The van der Waals surface area contributed by atoms with Gasteiger partial charge in [-0.1, -0.05) is 0 Å². The van der Waals surface area contributed by atoms with Crippen LogP contribution in [-0.4, -0.2) is 26.6 Å². The minimum absolute atomic E-state index is 0. The number of anilines is 1. The van der Waals surface area contributed by atoms with Crippen LogP contribution in [0.15, 0.2) is 22.7 Å². The molecule has 0 saturated carbocycles. The average molecular weight is 338 g/mol. The van der Waals surface area contributed by atoms with Gasteiger partial charge in [-0.2, -0.15) is 0 Å². The zero-order valence-corrected chi connectivity index (χ0v) is 12.9. The summed E-state index contributed by atoms with van der Waals surface area (Å²) < 4.78 is 6.03. The van der Waals surface area contributed by atoms with E-state index in [1.165, 1.54) is 0 Å². The van der Waals surface area contributed by atoms with E-state index in [1.807, 2.05) is 19.2 Å². The van der Waals surface area contributed by atoms with Crippen molar-refractivity contribution >= 4 is 39.9 Å². The van der Waals surface area contributed by atoms with Crippen LogP contribution in [0.5, 0.6) is 5.75 Å². The first-order valence-electron chi connectivity index (χ1n) is 5.45. The monoisotopic (exact) mass is 336 g/mol. The molecular formula is C12H18BrClN2O2. The molecule has 0 aromatic heterocycles. The van der Waals surface area contributed by atoms with Crippen LogP contribution in [0, 0.1) is 0 Å². The second-order valence-corrected chi connectivity index (χ2v) is 4.46. The molecule has 0 radical (unpaired) electrons. The van der Waals surface area contributed by atoms with Crippen molar-refractivity contribution in [3.8, 4) is 5.75 Å². The number of halogens is 2. The molecule has 6 heteroatoms. The van der Waals surface area contributed by atoms with Gasteiger partial charge in [-0.05, 0) is 48.1 Å². The van der Waals surface area contributed by atoms with Crippen molar-refractivity contribution in [1.29, 1.82) is 0 Å². The molecule has 0 spiro atoms. The Kier molecular flexibility index (Phi) is 8.79. The van der Waals surface area contributed by atoms with Gasteiger partial charge in [0, 0.05) is 18.2 Å². The largest absolute Gasteiger partial charge is 0.495 e. The van der Waals surface area contributed by atoms with Crippen LogP contribution < -0.4 is 15.4 Å². The molecule has 1 aromatic rings. The van der Waals surface area contributed by atoms with Crippen LogP contribution in [0.4, 0.5) is 5.69 Å². The number of hydrogen-bond donors (Lipinski definition) is 2. The smallest absolute Gasteiger partial charge is 0.224 e. The van der Waals surface area contributed by atoms with Crippen molar-refractivity contribution in [2.24, 2.45) is 0 Å². The van der Waals surface area contributed by atoms with Crippen molar-refractivity contribution in [3.63, 3.8) is 0 Å². The quantitative estimate of drug-likeness (QED) is 0.785. The van der Waals surface area contributed by atoms with E-state index in [2.05, 4.69) is 26.6 Å². The number of nitrogens with one attached hydrogen (secondary N) is 2. The van der Waals surface area contributed by atoms with Crippen LogP contribution >= 0.6 is 28.3 Å². The van der Waals surface area contributed by atoms with E-state index in [1.54, 1.807) is 13.2 Å². The van der Waals surface area contributed by atoms with Gasteiger partial charge in [-0.15, -0.1) is 12.4 Å². The Morgan fingerprint density at radius 1 is 1.44 bits per heavy atom. The Balaban J connectivity index is 0.00000289. The molecule has 1 amide bonds. The highest BCUT2D eigenvalue weighted by Gasteiger charge is 2.05. The van der Waals surface area contributed by atoms with Crippen LogP contribution in [0.3, 0.4) is 0 Å². The highest BCUT2D eigenvalue weighted by molar-refractivity contribution is 9.10. The highest BCUT2D eigenvalue weighted by Crippen LogP contribution is 2.27. The molecule has 0 aliphatic rings. The minimum atomic E-state index is 0. The summed E-state index contributed by atoms with van der Waals surface area (Å²) in [5, 5.41) is 5.84. The van der Waals surface area contributed by atoms with Gasteiger partial charge >= 0.3 is 0 Å². The molecule has 0 aliphatic carbocycles. The second-order valence-electron chi connectivity index (χ2n) is 3.60. The van der Waals surface area contributed by atoms with Crippen molar-refractivity contribution in [1.82, 2.24) is 5.32 Å². The maximum atomic E-state index is 11.6. The summed E-state index contributed by atoms with van der Waals surface area (Å²) in [6.07, 6.45) is 1.34. The second kappa shape index (κ2) is 9.19. The average Bonchev–Trinajstić information content (AvgIpc) is 2.32. The van der Waals surface area contributed by atoms with Gasteiger partial charge in [0.15, 0.2) is 0 Å². The van der Waals surface area contributed by atoms with Crippen LogP contribution in [0.25, 0.3) is 0 Å². The summed E-state index contributed by atoms with van der Waals surface area (Å²) in [5.74, 6) is 0.725. The van der Waals surface area contributed by atoms with Crippen LogP contribution in [0.1, 0.15) is 12.8 Å². The molecule has 2 N–H and O–H groups in total. The third kappa shape index (κ3) is 5.71. The van der Waals surface area contributed by atoms with E-state index in [0.717, 1.165) is 23.1 Å². The summed E-state index contributed by atoms with van der Waals surface area (Å²) in [4.78, 5) is 11.6. The molecule has 102 valence electrons. The van der Waals surface area contributed by atoms with Gasteiger partial charge in [-0.25, -0.2) is 0 Å². The molecule has 0 aliphatic heterocycles. The number of rotatable bonds is 6. The molecule has 0 fully saturated rings. The Hall–Kier alpha value is -0.780. The van der Waals surface area contributed by atoms with Crippen molar-refractivity contribution < 1.29 is 9.53 Å². The molecule has 0 saturated heterocycles. The SMILES string of the molecule is CNCCCC(=O)Nc1ccc(Br)c(OC)c1.Cl. The topological polar surface area (TPSA) is 50.4 Å². The zero-order valence-electron chi connectivity index (χ0n) is 10.5. The van der Waals surface area contributed by atoms with E-state index < -0.39 is 0 Å². The predicted octanol–water partition coefficient (Wildman–Crippen LogP) is 2.82. The third-order valence-electron chi connectivity index (χ3n) is 2.27. The number of carbonyl (C=O) groups excluding carboxylic acids is 1. The van der Waals surface area contributed by atoms with E-state index in [4.69, 9.17) is 4.74 Å². The van der Waals surface area contributed by atoms with E-state index in [9.17, 15) is 4.79 Å². The summed E-state index contributed by atoms with van der Waals surface area (Å²) in [7, 11) is 3.47. The summed E-state index contributed by atoms with van der Waals surface area (Å²) in [6.45, 7) is 0.844. The lowest BCUT2D eigenvalue weighted by Crippen LogP contribution is -2.15. The fraction of sp³-hybridized carbons (Fsp3) is 0.417. The molecular weight excluding hydrogens is 320 g/mol. The van der Waals surface area contributed by atoms with Crippen molar-refractivity contribution in [2.75, 3.05) is 26.0 Å². The van der Waals surface area contributed by atoms with Crippen molar-refractivity contribution in [2.45, 2.75) is 12.8 Å². The number of ether oxygens (including phenoxy) is 1. The standard InChI is InChI=1S/C12H17BrN2O2.ClH/c1-14-7-3-4-12(16)15-9-5-6-10(13)11(8-9)17-2;/h5-6,8,14H,3-4,7H2,1-2H3,(H,15,16);1H. The van der Waals surface area contributed by atoms with E-state index >= 15 is 0 Å². The summed E-state index contributed by atoms with van der Waals surface area (Å²) >= 11 is 3.36. The fourth-order valence-corrected chi connectivity index (χ4v) is 1.80. The lowest BCUT2D eigenvalue weighted by Gasteiger charge is -2.08. The van der Waals surface area contributed by atoms with Gasteiger partial charge in [0.05, 0.1) is 11.6 Å². The molecule has 1 aromatic carbocycles. The maximum Gasteiger partial charge on any atom is 0.224 e. The molecule has 4 nitrogen and oxygen atoms in total. The van der Waals surface area contributed by atoms with E-state index in [0.29, 0.717) is 12.2 Å². The van der Waals surface area contributed by atoms with Crippen LogP contribution in [-0.2, 0) is 4.79 Å². The van der Waals surface area contributed by atoms with Gasteiger partial charge in [0.2, 0.25) is 5.91 Å². The predicted molar refractivity (Wildman–Crippen MR) is 79.7 cm³/mol. The molecule has 0 heterocycles. The van der Waals surface area contributed by atoms with Gasteiger partial charge < -0.3 is 15.4 Å². The van der Waals surface area contributed by atoms with Gasteiger partial charge in [0.1, 0.15) is 5.75 Å². The minimum Gasteiger partial charge on any atom is -0.495 e. The number of hydrogen-bond acceptors (Lipinski definition) is 3. The first-order valence-corrected chi connectivity index (χ1v) is 6.24. The molecule has 1 rings (SSSR count). The van der Waals surface area contributed by atoms with Crippen molar-refractivity contribution in [3.05, 3.63) is 22.7 Å². The zero-order chi connectivity index (χ0) is 12.7. The highest BCUT2D eigenvalue weighted by atomic mass is 79.9. The van der Waals surface area contributed by atoms with Crippen LogP contribution in [0.2, 0.25) is 0 Å². The Morgan fingerprint density at radius 3 is 2.78 bits per heavy atom. The summed E-state index contributed by atoms with van der Waals surface area (Å²) in [6, 6.07) is 5.48. The lowest BCUT2D eigenvalue weighted by atomic mass is 10.2. The van der Waals surface area contributed by atoms with E-state index in [-0.39, 0.29) is 18.3 Å². The molecule has 0 unspecified atom stereocenters. The Morgan fingerprint density at radius 2 is 2.17 bits per heavy atom. The van der Waals surface area contributed by atoms with Gasteiger partial charge in [0.25, 0.3) is 0 Å². The third-order valence-corrected chi connectivity index (χ3v) is 2.92. The fourth-order valence-electron chi connectivity index (χ4n) is 1.39. The molecule has 0 atom stereocenters. The molecule has 18 heavy (non-hydrogen) atoms. The Labute approximate surface area is 122 Å². The maximum absolute atomic E-state index is 11.6. The summed E-state index contributed by atoms with van der Waals surface area (Å²) in [5.41, 5.74) is 0.750. The first kappa shape index (κ1) is 17.2. The number of methoxy groups -OCH3 is 1. The normalized spacial score (nSPS) is 9.50. The lowest BCUT2D eigenvalue weighted by molar-refractivity contribution is -0.116. The number of amides is 1. The first-order chi connectivity index (χ1) is 8.17. The number of benzene rings is 1. The molecule has 0 bridgehead atoms. The van der Waals surface area contributed by atoms with Gasteiger partial charge in [-0.3, -0.25) is 4.79 Å². The number of carbonyl (C=O) groups is 1.